The van der Waals surface area contributed by atoms with Crippen LogP contribution in [0.5, 0.6) is 0 Å². The van der Waals surface area contributed by atoms with E-state index in [1.54, 1.807) is 6.08 Å². The average Bonchev–Trinajstić information content (AvgIpc) is 3.24. The van der Waals surface area contributed by atoms with Gasteiger partial charge in [-0.25, -0.2) is 0 Å². The van der Waals surface area contributed by atoms with Gasteiger partial charge in [0.15, 0.2) is 5.78 Å². The normalized spacial score (nSPS) is 22.0. The molecule has 0 aromatic heterocycles. The van der Waals surface area contributed by atoms with Crippen molar-refractivity contribution in [3.63, 3.8) is 0 Å². The molecule has 0 bridgehead atoms. The molecule has 0 spiro atoms. The van der Waals surface area contributed by atoms with Gasteiger partial charge in [-0.3, -0.25) is 25.0 Å². The second-order valence-corrected chi connectivity index (χ2v) is 9.22. The van der Waals surface area contributed by atoms with Crippen LogP contribution in [0.1, 0.15) is 27.4 Å². The Bertz CT molecular complexity index is 1380. The van der Waals surface area contributed by atoms with Gasteiger partial charge in [0.2, 0.25) is 6.04 Å². The summed E-state index contributed by atoms with van der Waals surface area (Å²) >= 11 is 0. The van der Waals surface area contributed by atoms with E-state index in [0.717, 1.165) is 16.9 Å². The fraction of sp³-hybridized carbons (Fsp3) is 0.222. The average molecular weight is 485 g/mol. The molecule has 1 saturated heterocycles. The zero-order chi connectivity index (χ0) is 25.6. The van der Waals surface area contributed by atoms with Crippen LogP contribution in [0.2, 0.25) is 0 Å². The highest BCUT2D eigenvalue weighted by Crippen LogP contribution is 2.47. The maximum Gasteiger partial charge on any atom is 0.270 e. The second-order valence-electron chi connectivity index (χ2n) is 9.22. The molecule has 5 rings (SSSR count). The molecule has 9 nitrogen and oxygen atoms in total. The summed E-state index contributed by atoms with van der Waals surface area (Å²) in [5.74, 6) is -1.16. The zero-order valence-corrected chi connectivity index (χ0v) is 19.7. The van der Waals surface area contributed by atoms with E-state index in [2.05, 4.69) is 0 Å². The number of nitro groups is 2. The third-order valence-electron chi connectivity index (χ3n) is 7.01. The van der Waals surface area contributed by atoms with E-state index in [1.165, 1.54) is 24.3 Å². The number of benzene rings is 3. The molecular formula is C27H24N4O5. The van der Waals surface area contributed by atoms with Crippen LogP contribution in [-0.2, 0) is 0 Å². The van der Waals surface area contributed by atoms with Gasteiger partial charge in [-0.1, -0.05) is 54.6 Å². The van der Waals surface area contributed by atoms with Gasteiger partial charge < -0.3 is 9.80 Å². The molecule has 2 aliphatic rings. The van der Waals surface area contributed by atoms with Gasteiger partial charge in [0.05, 0.1) is 10.8 Å². The molecule has 4 atom stereocenters. The van der Waals surface area contributed by atoms with Crippen LogP contribution in [0.25, 0.3) is 6.08 Å². The molecule has 0 amide bonds. The summed E-state index contributed by atoms with van der Waals surface area (Å²) in [5, 5.41) is 23.9. The molecular weight excluding hydrogens is 460 g/mol. The molecule has 0 unspecified atom stereocenters. The van der Waals surface area contributed by atoms with E-state index in [4.69, 9.17) is 0 Å². The molecule has 0 saturated carbocycles. The lowest BCUT2D eigenvalue weighted by Crippen LogP contribution is -2.44. The van der Waals surface area contributed by atoms with Crippen LogP contribution in [0.3, 0.4) is 0 Å². The number of rotatable bonds is 6. The summed E-state index contributed by atoms with van der Waals surface area (Å²) in [5.41, 5.74) is 3.14. The molecule has 0 aliphatic carbocycles. The molecule has 2 aliphatic heterocycles. The number of anilines is 2. The van der Waals surface area contributed by atoms with Gasteiger partial charge >= 0.3 is 0 Å². The fourth-order valence-electron chi connectivity index (χ4n) is 5.37. The highest BCUT2D eigenvalue weighted by atomic mass is 16.6. The van der Waals surface area contributed by atoms with Crippen LogP contribution in [0.15, 0.2) is 78.9 Å². The lowest BCUT2D eigenvalue weighted by molar-refractivity contribution is -0.524. The number of carbonyl (C=O) groups is 1. The van der Waals surface area contributed by atoms with Gasteiger partial charge in [-0.15, -0.1) is 0 Å². The number of para-hydroxylation sites is 1. The Kier molecular flexibility index (Phi) is 5.75. The lowest BCUT2D eigenvalue weighted by atomic mass is 9.83. The molecule has 9 heteroatoms. The summed E-state index contributed by atoms with van der Waals surface area (Å²) < 4.78 is 0. The number of fused-ring (bicyclic) bond motifs is 3. The molecule has 3 aromatic carbocycles. The van der Waals surface area contributed by atoms with Crippen LogP contribution < -0.4 is 9.80 Å². The first-order chi connectivity index (χ1) is 17.3. The maximum atomic E-state index is 14.1. The van der Waals surface area contributed by atoms with Crippen LogP contribution in [0, 0.1) is 20.2 Å². The molecule has 3 aromatic rings. The van der Waals surface area contributed by atoms with Gasteiger partial charge in [-0.2, -0.15) is 0 Å². The molecule has 1 fully saturated rings. The quantitative estimate of drug-likeness (QED) is 0.287. The van der Waals surface area contributed by atoms with E-state index < -0.39 is 29.0 Å². The number of ketones is 1. The predicted molar refractivity (Wildman–Crippen MR) is 137 cm³/mol. The van der Waals surface area contributed by atoms with Gasteiger partial charge in [-0.05, 0) is 29.3 Å². The first kappa shape index (κ1) is 23.2. The number of Topliss-reactive ketones (excluding diaryl/α,β-unsaturated/α-hetero) is 1. The number of nitrogens with zero attached hydrogens (tertiary/aromatic N) is 4. The summed E-state index contributed by atoms with van der Waals surface area (Å²) in [7, 11) is 3.81. The Balaban J connectivity index is 1.70. The Labute approximate surface area is 207 Å². The molecule has 36 heavy (non-hydrogen) atoms. The third-order valence-corrected chi connectivity index (χ3v) is 7.01. The van der Waals surface area contributed by atoms with Gasteiger partial charge in [0, 0.05) is 48.1 Å². The van der Waals surface area contributed by atoms with E-state index >= 15 is 0 Å². The van der Waals surface area contributed by atoms with E-state index in [1.807, 2.05) is 78.5 Å². The zero-order valence-electron chi connectivity index (χ0n) is 19.7. The number of nitro benzene ring substituents is 1. The highest BCUT2D eigenvalue weighted by Gasteiger charge is 2.59. The van der Waals surface area contributed by atoms with Crippen molar-refractivity contribution in [2.24, 2.45) is 0 Å². The van der Waals surface area contributed by atoms with Crippen LogP contribution in [-0.4, -0.2) is 47.9 Å². The molecule has 0 radical (unpaired) electrons. The smallest absolute Gasteiger partial charge is 0.270 e. The molecule has 2 heterocycles. The van der Waals surface area contributed by atoms with Crippen molar-refractivity contribution in [3.05, 3.63) is 116 Å². The minimum Gasteiger partial charge on any atom is -0.378 e. The van der Waals surface area contributed by atoms with Gasteiger partial charge in [0.25, 0.3) is 5.69 Å². The lowest BCUT2D eigenvalue weighted by Gasteiger charge is -2.34. The Morgan fingerprint density at radius 3 is 2.33 bits per heavy atom. The SMILES string of the molecule is CN(C)c1ccc([C@H]2[C@@H]([N+](=O)[O-])[C@H]3C=Cc4ccccc4N3[C@H]2C(=O)c2cccc([N+](=O)[O-])c2)cc1. The number of non-ortho nitro benzene ring substituents is 1. The number of carbonyl (C=O) groups excluding carboxylic acids is 1. The maximum absolute atomic E-state index is 14.1. The summed E-state index contributed by atoms with van der Waals surface area (Å²) in [6.07, 6.45) is 3.65. The molecule has 182 valence electrons. The Morgan fingerprint density at radius 2 is 1.67 bits per heavy atom. The van der Waals surface area contributed by atoms with Crippen molar-refractivity contribution in [3.8, 4) is 0 Å². The van der Waals surface area contributed by atoms with Crippen molar-refractivity contribution in [2.45, 2.75) is 24.0 Å². The third kappa shape index (κ3) is 3.78. The van der Waals surface area contributed by atoms with Gasteiger partial charge in [0.1, 0.15) is 12.1 Å². The fourth-order valence-corrected chi connectivity index (χ4v) is 5.37. The number of hydrogen-bond donors (Lipinski definition) is 0. The first-order valence-corrected chi connectivity index (χ1v) is 11.5. The van der Waals surface area contributed by atoms with E-state index in [-0.39, 0.29) is 22.0 Å². The first-order valence-electron chi connectivity index (χ1n) is 11.5. The topological polar surface area (TPSA) is 110 Å². The van der Waals surface area contributed by atoms with Crippen molar-refractivity contribution < 1.29 is 14.6 Å². The van der Waals surface area contributed by atoms with E-state index in [0.29, 0.717) is 5.56 Å². The van der Waals surface area contributed by atoms with Crippen molar-refractivity contribution >= 4 is 28.9 Å². The van der Waals surface area contributed by atoms with Crippen LogP contribution >= 0.6 is 0 Å². The molecule has 0 N–H and O–H groups in total. The monoisotopic (exact) mass is 484 g/mol. The number of hydrogen-bond acceptors (Lipinski definition) is 7. The standard InChI is InChI=1S/C27H24N4O5/c1-28(2)20-13-10-18(11-14-20)24-25(31(35)36)23-15-12-17-6-3-4-9-22(17)29(23)26(24)27(32)19-7-5-8-21(16-19)30(33)34/h3-16,23-26H,1-2H3/t23-,24+,25+,26-/m1/s1. The Morgan fingerprint density at radius 1 is 0.944 bits per heavy atom. The Hall–Kier alpha value is -4.53. The largest absolute Gasteiger partial charge is 0.378 e. The second kappa shape index (κ2) is 8.92. The van der Waals surface area contributed by atoms with Crippen molar-refractivity contribution in [2.75, 3.05) is 23.9 Å². The van der Waals surface area contributed by atoms with E-state index in [9.17, 15) is 25.0 Å². The van der Waals surface area contributed by atoms with Crippen LogP contribution in [0.4, 0.5) is 17.1 Å². The predicted octanol–water partition coefficient (Wildman–Crippen LogP) is 4.56. The summed E-state index contributed by atoms with van der Waals surface area (Å²) in [6.45, 7) is 0. The minimum absolute atomic E-state index is 0.152. The van der Waals surface area contributed by atoms with Crippen molar-refractivity contribution in [1.29, 1.82) is 0 Å². The summed E-state index contributed by atoms with van der Waals surface area (Å²) in [4.78, 5) is 40.9. The van der Waals surface area contributed by atoms with Crippen molar-refractivity contribution in [1.82, 2.24) is 0 Å². The highest BCUT2D eigenvalue weighted by molar-refractivity contribution is 6.04. The minimum atomic E-state index is -1.09. The summed E-state index contributed by atoms with van der Waals surface area (Å²) in [6, 6.07) is 17.8.